The summed E-state index contributed by atoms with van der Waals surface area (Å²) in [4.78, 5) is 3.08. The molecule has 0 aliphatic heterocycles. The Kier molecular flexibility index (Phi) is 3.10. The number of nitrogens with zero attached hydrogens (tertiary/aromatic N) is 2. The quantitative estimate of drug-likeness (QED) is 0.786. The molecule has 3 nitrogen and oxygen atoms in total. The van der Waals surface area contributed by atoms with Gasteiger partial charge >= 0.3 is 6.18 Å². The first-order chi connectivity index (χ1) is 6.41. The predicted octanol–water partition coefficient (Wildman–Crippen LogP) is 1.35. The molecule has 0 aliphatic rings. The van der Waals surface area contributed by atoms with Crippen molar-refractivity contribution in [2.75, 3.05) is 0 Å². The van der Waals surface area contributed by atoms with Crippen LogP contribution >= 0.6 is 12.2 Å². The summed E-state index contributed by atoms with van der Waals surface area (Å²) in [6.45, 7) is -0.321. The second-order valence-corrected chi connectivity index (χ2v) is 3.23. The van der Waals surface area contributed by atoms with Gasteiger partial charge in [0.1, 0.15) is 5.92 Å². The van der Waals surface area contributed by atoms with E-state index in [1.165, 1.54) is 23.3 Å². The molecular weight excluding hydrogens is 215 g/mol. The van der Waals surface area contributed by atoms with Gasteiger partial charge in [-0.1, -0.05) is 12.2 Å². The first-order valence-electron chi connectivity index (χ1n) is 3.73. The lowest BCUT2D eigenvalue weighted by atomic mass is 10.1. The second kappa shape index (κ2) is 3.95. The summed E-state index contributed by atoms with van der Waals surface area (Å²) in [6.07, 6.45) is -0.295. The van der Waals surface area contributed by atoms with E-state index in [-0.39, 0.29) is 6.54 Å². The Bertz CT molecular complexity index is 306. The van der Waals surface area contributed by atoms with Crippen LogP contribution in [0.15, 0.2) is 18.7 Å². The summed E-state index contributed by atoms with van der Waals surface area (Å²) in [7, 11) is 0. The van der Waals surface area contributed by atoms with E-state index in [1.807, 2.05) is 0 Å². The molecule has 1 aromatic heterocycles. The minimum atomic E-state index is -4.41. The van der Waals surface area contributed by atoms with Crippen LogP contribution in [0.3, 0.4) is 0 Å². The maximum atomic E-state index is 12.4. The molecule has 1 atom stereocenters. The Morgan fingerprint density at radius 3 is 2.57 bits per heavy atom. The van der Waals surface area contributed by atoms with Gasteiger partial charge in [-0.25, -0.2) is 4.98 Å². The number of nitrogens with two attached hydrogens (primary N) is 1. The molecule has 0 amide bonds. The smallest absolute Gasteiger partial charge is 0.393 e. The van der Waals surface area contributed by atoms with Crippen LogP contribution in [0.4, 0.5) is 13.2 Å². The van der Waals surface area contributed by atoms with E-state index in [1.54, 1.807) is 0 Å². The Hall–Kier alpha value is -1.11. The molecule has 1 rings (SSSR count). The van der Waals surface area contributed by atoms with Crippen LogP contribution in [0.5, 0.6) is 0 Å². The third kappa shape index (κ3) is 2.69. The topological polar surface area (TPSA) is 43.8 Å². The van der Waals surface area contributed by atoms with Crippen molar-refractivity contribution in [3.63, 3.8) is 0 Å². The molecule has 0 aliphatic carbocycles. The molecule has 2 N–H and O–H groups in total. The van der Waals surface area contributed by atoms with Crippen LogP contribution in [0.2, 0.25) is 0 Å². The van der Waals surface area contributed by atoms with Crippen molar-refractivity contribution in [2.45, 2.75) is 12.7 Å². The van der Waals surface area contributed by atoms with Crippen molar-refractivity contribution < 1.29 is 13.2 Å². The lowest BCUT2D eigenvalue weighted by Gasteiger charge is -2.18. The lowest BCUT2D eigenvalue weighted by molar-refractivity contribution is -0.158. The number of aromatic nitrogens is 2. The highest BCUT2D eigenvalue weighted by Gasteiger charge is 2.41. The largest absolute Gasteiger partial charge is 0.399 e. The SMILES string of the molecule is NC(=S)C(Cn1ccnc1)C(F)(F)F. The van der Waals surface area contributed by atoms with E-state index in [9.17, 15) is 13.2 Å². The van der Waals surface area contributed by atoms with Crippen molar-refractivity contribution in [2.24, 2.45) is 11.7 Å². The fraction of sp³-hybridized carbons (Fsp3) is 0.429. The Labute approximate surface area is 83.7 Å². The summed E-state index contributed by atoms with van der Waals surface area (Å²) in [5.74, 6) is -1.80. The summed E-state index contributed by atoms with van der Waals surface area (Å²) in [5, 5.41) is 0. The average molecular weight is 223 g/mol. The third-order valence-electron chi connectivity index (χ3n) is 1.69. The van der Waals surface area contributed by atoms with E-state index >= 15 is 0 Å². The number of imidazole rings is 1. The average Bonchev–Trinajstić information content (AvgIpc) is 2.48. The molecule has 0 saturated carbocycles. The highest BCUT2D eigenvalue weighted by molar-refractivity contribution is 7.80. The minimum absolute atomic E-state index is 0.321. The first kappa shape index (κ1) is 11.0. The Morgan fingerprint density at radius 1 is 1.57 bits per heavy atom. The fourth-order valence-corrected chi connectivity index (χ4v) is 1.17. The number of rotatable bonds is 3. The van der Waals surface area contributed by atoms with Crippen LogP contribution in [0.1, 0.15) is 0 Å². The third-order valence-corrected chi connectivity index (χ3v) is 1.98. The van der Waals surface area contributed by atoms with E-state index in [0.717, 1.165) is 0 Å². The molecule has 0 radical (unpaired) electrons. The summed E-state index contributed by atoms with van der Waals surface area (Å²) in [5.41, 5.74) is 5.02. The normalized spacial score (nSPS) is 13.9. The van der Waals surface area contributed by atoms with Gasteiger partial charge in [-0.2, -0.15) is 13.2 Å². The van der Waals surface area contributed by atoms with Crippen LogP contribution in [-0.2, 0) is 6.54 Å². The van der Waals surface area contributed by atoms with Gasteiger partial charge in [-0.3, -0.25) is 0 Å². The van der Waals surface area contributed by atoms with Gasteiger partial charge in [0, 0.05) is 18.9 Å². The standard InChI is InChI=1S/C7H8F3N3S/c8-7(9,10)5(6(11)14)3-13-2-1-12-4-13/h1-2,4-5H,3H2,(H2,11,14). The van der Waals surface area contributed by atoms with Gasteiger partial charge in [0.05, 0.1) is 11.3 Å². The van der Waals surface area contributed by atoms with Crippen molar-refractivity contribution in [3.8, 4) is 0 Å². The molecule has 1 unspecified atom stereocenters. The molecule has 1 aromatic rings. The van der Waals surface area contributed by atoms with Gasteiger partial charge in [0.15, 0.2) is 0 Å². The number of halogens is 3. The monoisotopic (exact) mass is 223 g/mol. The maximum absolute atomic E-state index is 12.4. The van der Waals surface area contributed by atoms with Crippen molar-refractivity contribution in [1.82, 2.24) is 9.55 Å². The lowest BCUT2D eigenvalue weighted by Crippen LogP contribution is -2.37. The number of thiocarbonyl (C=S) groups is 1. The summed E-state index contributed by atoms with van der Waals surface area (Å²) in [6, 6.07) is 0. The molecule has 1 heterocycles. The molecule has 0 saturated heterocycles. The molecule has 14 heavy (non-hydrogen) atoms. The van der Waals surface area contributed by atoms with Crippen LogP contribution < -0.4 is 5.73 Å². The summed E-state index contributed by atoms with van der Waals surface area (Å²) >= 11 is 4.36. The van der Waals surface area contributed by atoms with Crippen molar-refractivity contribution in [1.29, 1.82) is 0 Å². The van der Waals surface area contributed by atoms with E-state index < -0.39 is 17.1 Å². The van der Waals surface area contributed by atoms with E-state index in [0.29, 0.717) is 0 Å². The van der Waals surface area contributed by atoms with E-state index in [4.69, 9.17) is 5.73 Å². The van der Waals surface area contributed by atoms with Gasteiger partial charge in [0.25, 0.3) is 0 Å². The van der Waals surface area contributed by atoms with E-state index in [2.05, 4.69) is 17.2 Å². The molecule has 78 valence electrons. The zero-order valence-electron chi connectivity index (χ0n) is 7.03. The van der Waals surface area contributed by atoms with Gasteiger partial charge in [-0.15, -0.1) is 0 Å². The molecule has 0 spiro atoms. The molecular formula is C7H8F3N3S. The van der Waals surface area contributed by atoms with Gasteiger partial charge in [-0.05, 0) is 0 Å². The minimum Gasteiger partial charge on any atom is -0.393 e. The van der Waals surface area contributed by atoms with Crippen molar-refractivity contribution >= 4 is 17.2 Å². The molecule has 7 heteroatoms. The van der Waals surface area contributed by atoms with Crippen LogP contribution in [-0.4, -0.2) is 20.7 Å². The second-order valence-electron chi connectivity index (χ2n) is 2.76. The van der Waals surface area contributed by atoms with Crippen molar-refractivity contribution in [3.05, 3.63) is 18.7 Å². The highest BCUT2D eigenvalue weighted by atomic mass is 32.1. The molecule has 0 fully saturated rings. The van der Waals surface area contributed by atoms with Gasteiger partial charge < -0.3 is 10.3 Å². The van der Waals surface area contributed by atoms with Crippen LogP contribution in [0, 0.1) is 5.92 Å². The Morgan fingerprint density at radius 2 is 2.21 bits per heavy atom. The summed E-state index contributed by atoms with van der Waals surface area (Å²) < 4.78 is 38.4. The molecule has 0 bridgehead atoms. The number of alkyl halides is 3. The maximum Gasteiger partial charge on any atom is 0.399 e. The van der Waals surface area contributed by atoms with Crippen LogP contribution in [0.25, 0.3) is 0 Å². The highest BCUT2D eigenvalue weighted by Crippen LogP contribution is 2.27. The zero-order valence-corrected chi connectivity index (χ0v) is 7.85. The predicted molar refractivity (Wildman–Crippen MR) is 48.6 cm³/mol. The number of hydrogen-bond donors (Lipinski definition) is 1. The zero-order chi connectivity index (χ0) is 10.8. The Balaban J connectivity index is 2.76. The molecule has 0 aromatic carbocycles. The first-order valence-corrected chi connectivity index (χ1v) is 4.14. The van der Waals surface area contributed by atoms with Gasteiger partial charge in [0.2, 0.25) is 0 Å². The number of hydrogen-bond acceptors (Lipinski definition) is 2. The fourth-order valence-electron chi connectivity index (χ4n) is 0.960.